The number of rotatable bonds is 9. The van der Waals surface area contributed by atoms with E-state index in [1.807, 2.05) is 6.07 Å². The molecule has 0 saturated heterocycles. The van der Waals surface area contributed by atoms with Gasteiger partial charge in [-0.25, -0.2) is 0 Å². The fourth-order valence-corrected chi connectivity index (χ4v) is 4.56. The Kier molecular flexibility index (Phi) is 8.11. The molecule has 8 heteroatoms. The Bertz CT molecular complexity index is 760. The van der Waals surface area contributed by atoms with E-state index in [4.69, 9.17) is 23.2 Å². The van der Waals surface area contributed by atoms with Crippen molar-refractivity contribution in [2.75, 3.05) is 19.3 Å². The molecule has 0 bridgehead atoms. The van der Waals surface area contributed by atoms with Crippen molar-refractivity contribution in [1.29, 1.82) is 0 Å². The van der Waals surface area contributed by atoms with E-state index < -0.39 is 19.6 Å². The second-order valence-corrected chi connectivity index (χ2v) is 9.36. The van der Waals surface area contributed by atoms with Gasteiger partial charge < -0.3 is 20.4 Å². The highest BCUT2D eigenvalue weighted by Gasteiger charge is 2.23. The molecule has 0 aromatic heterocycles. The minimum Gasteiger partial charge on any atom is -0.391 e. The van der Waals surface area contributed by atoms with Crippen molar-refractivity contribution in [3.05, 3.63) is 69.7 Å². The van der Waals surface area contributed by atoms with E-state index in [2.05, 4.69) is 5.32 Å². The van der Waals surface area contributed by atoms with E-state index in [1.54, 1.807) is 42.5 Å². The maximum Gasteiger partial charge on any atom is 0.207 e. The number of aliphatic hydroxyl groups is 2. The van der Waals surface area contributed by atoms with Crippen LogP contribution in [0.25, 0.3) is 0 Å². The molecule has 5 nitrogen and oxygen atoms in total. The molecule has 3 atom stereocenters. The number of nitrogens with one attached hydrogen (secondary N) is 1. The zero-order chi connectivity index (χ0) is 19.2. The van der Waals surface area contributed by atoms with E-state index in [9.17, 15) is 19.7 Å². The van der Waals surface area contributed by atoms with E-state index in [0.29, 0.717) is 15.6 Å². The monoisotopic (exact) mass is 417 g/mol. The highest BCUT2D eigenvalue weighted by Crippen LogP contribution is 2.44. The van der Waals surface area contributed by atoms with E-state index in [1.165, 1.54) is 0 Å². The molecule has 0 radical (unpaired) electrons. The first-order valence-corrected chi connectivity index (χ1v) is 10.9. The first-order valence-electron chi connectivity index (χ1n) is 8.13. The van der Waals surface area contributed by atoms with Crippen LogP contribution < -0.4 is 5.32 Å². The Morgan fingerprint density at radius 1 is 1.00 bits per heavy atom. The third-order valence-corrected chi connectivity index (χ3v) is 6.40. The lowest BCUT2D eigenvalue weighted by Crippen LogP contribution is -2.32. The fraction of sp³-hybridized carbons (Fsp3) is 0.333. The molecule has 0 aliphatic carbocycles. The summed E-state index contributed by atoms with van der Waals surface area (Å²) in [6.45, 7) is 0.265. The normalized spacial score (nSPS) is 16.0. The second kappa shape index (κ2) is 9.86. The minimum absolute atomic E-state index is 0.0246. The fourth-order valence-electron chi connectivity index (χ4n) is 2.55. The van der Waals surface area contributed by atoms with Crippen LogP contribution in [0, 0.1) is 0 Å². The van der Waals surface area contributed by atoms with Crippen LogP contribution in [-0.4, -0.2) is 40.5 Å². The maximum atomic E-state index is 12.3. The molecule has 2 aromatic rings. The Hall–Kier alpha value is -0.910. The van der Waals surface area contributed by atoms with Gasteiger partial charge in [-0.15, -0.1) is 0 Å². The molecule has 2 aromatic carbocycles. The molecule has 0 fully saturated rings. The Balaban J connectivity index is 1.78. The molecule has 26 heavy (non-hydrogen) atoms. The Morgan fingerprint density at radius 2 is 1.69 bits per heavy atom. The van der Waals surface area contributed by atoms with Crippen LogP contribution in [0.1, 0.15) is 17.2 Å². The zero-order valence-corrected chi connectivity index (χ0v) is 16.5. The van der Waals surface area contributed by atoms with Crippen molar-refractivity contribution < 1.29 is 19.7 Å². The molecule has 142 valence electrons. The summed E-state index contributed by atoms with van der Waals surface area (Å²) in [6, 6.07) is 13.8. The first kappa shape index (κ1) is 21.4. The smallest absolute Gasteiger partial charge is 0.207 e. The van der Waals surface area contributed by atoms with Gasteiger partial charge in [-0.1, -0.05) is 59.6 Å². The third-order valence-electron chi connectivity index (χ3n) is 3.81. The van der Waals surface area contributed by atoms with Crippen LogP contribution in [0.2, 0.25) is 10.0 Å². The topological polar surface area (TPSA) is 89.8 Å². The lowest BCUT2D eigenvalue weighted by molar-refractivity contribution is 0.155. The lowest BCUT2D eigenvalue weighted by Gasteiger charge is -2.18. The lowest BCUT2D eigenvalue weighted by atomic mass is 10.1. The maximum absolute atomic E-state index is 12.3. The standard InChI is InChI=1S/C18H22Cl2NO4P/c19-16-7-6-14(8-17(16)20)18(23)10-21-9-15(22)12-26(24,25)11-13-4-2-1-3-5-13/h1-8,15,18,21-23H,9-12H2,(H,24,25). The van der Waals surface area contributed by atoms with Crippen LogP contribution in [0.15, 0.2) is 48.5 Å². The van der Waals surface area contributed by atoms with E-state index in [-0.39, 0.29) is 25.4 Å². The molecule has 0 amide bonds. The van der Waals surface area contributed by atoms with Gasteiger partial charge in [0.2, 0.25) is 7.37 Å². The van der Waals surface area contributed by atoms with Crippen molar-refractivity contribution in [1.82, 2.24) is 5.32 Å². The highest BCUT2D eigenvalue weighted by molar-refractivity contribution is 7.57. The summed E-state index contributed by atoms with van der Waals surface area (Å²) in [5, 5.41) is 23.8. The molecule has 0 spiro atoms. The summed E-state index contributed by atoms with van der Waals surface area (Å²) < 4.78 is 12.3. The van der Waals surface area contributed by atoms with Gasteiger partial charge in [-0.05, 0) is 23.3 Å². The van der Waals surface area contributed by atoms with Crippen molar-refractivity contribution in [3.8, 4) is 0 Å². The van der Waals surface area contributed by atoms with Gasteiger partial charge in [0.25, 0.3) is 0 Å². The molecule has 3 unspecified atom stereocenters. The van der Waals surface area contributed by atoms with Crippen LogP contribution in [-0.2, 0) is 10.7 Å². The molecule has 2 rings (SSSR count). The molecular weight excluding hydrogens is 396 g/mol. The van der Waals surface area contributed by atoms with Gasteiger partial charge in [0.05, 0.1) is 28.4 Å². The van der Waals surface area contributed by atoms with Crippen LogP contribution in [0.4, 0.5) is 0 Å². The van der Waals surface area contributed by atoms with Gasteiger partial charge in [0, 0.05) is 19.3 Å². The van der Waals surface area contributed by atoms with Gasteiger partial charge >= 0.3 is 0 Å². The summed E-state index contributed by atoms with van der Waals surface area (Å²) in [5.41, 5.74) is 1.35. The second-order valence-electron chi connectivity index (χ2n) is 6.17. The number of halogens is 2. The average Bonchev–Trinajstić information content (AvgIpc) is 2.57. The van der Waals surface area contributed by atoms with Gasteiger partial charge in [0.1, 0.15) is 0 Å². The molecule has 0 saturated carbocycles. The van der Waals surface area contributed by atoms with E-state index in [0.717, 1.165) is 5.56 Å². The predicted molar refractivity (Wildman–Crippen MR) is 105 cm³/mol. The number of hydrogen-bond acceptors (Lipinski definition) is 4. The Labute approximate surface area is 163 Å². The summed E-state index contributed by atoms with van der Waals surface area (Å²) >= 11 is 11.8. The molecule has 0 aliphatic rings. The number of benzene rings is 2. The predicted octanol–water partition coefficient (Wildman–Crippen LogP) is 3.45. The molecular formula is C18H22Cl2NO4P. The van der Waals surface area contributed by atoms with Crippen molar-refractivity contribution in [2.24, 2.45) is 0 Å². The van der Waals surface area contributed by atoms with Gasteiger partial charge in [-0.3, -0.25) is 4.57 Å². The minimum atomic E-state index is -3.49. The van der Waals surface area contributed by atoms with E-state index >= 15 is 0 Å². The van der Waals surface area contributed by atoms with Crippen LogP contribution >= 0.6 is 30.6 Å². The summed E-state index contributed by atoms with van der Waals surface area (Å²) in [6.07, 6.45) is -2.01. The Morgan fingerprint density at radius 3 is 2.35 bits per heavy atom. The first-order chi connectivity index (χ1) is 12.3. The summed E-state index contributed by atoms with van der Waals surface area (Å²) in [7, 11) is -3.49. The summed E-state index contributed by atoms with van der Waals surface area (Å²) in [5.74, 6) is 0. The third kappa shape index (κ3) is 7.01. The van der Waals surface area contributed by atoms with Gasteiger partial charge in [0.15, 0.2) is 0 Å². The number of aliphatic hydroxyl groups excluding tert-OH is 2. The quantitative estimate of drug-likeness (QED) is 0.469. The van der Waals surface area contributed by atoms with Gasteiger partial charge in [-0.2, -0.15) is 0 Å². The summed E-state index contributed by atoms with van der Waals surface area (Å²) in [4.78, 5) is 10.1. The highest BCUT2D eigenvalue weighted by atomic mass is 35.5. The largest absolute Gasteiger partial charge is 0.391 e. The SMILES string of the molecule is O=P(O)(Cc1ccccc1)CC(O)CNCC(O)c1ccc(Cl)c(Cl)c1. The molecule has 4 N–H and O–H groups in total. The molecule has 0 aliphatic heterocycles. The molecule has 0 heterocycles. The van der Waals surface area contributed by atoms with Crippen molar-refractivity contribution >= 4 is 30.6 Å². The number of hydrogen-bond donors (Lipinski definition) is 4. The van der Waals surface area contributed by atoms with Crippen molar-refractivity contribution in [3.63, 3.8) is 0 Å². The van der Waals surface area contributed by atoms with Crippen molar-refractivity contribution in [2.45, 2.75) is 18.4 Å². The van der Waals surface area contributed by atoms with Crippen LogP contribution in [0.5, 0.6) is 0 Å². The van der Waals surface area contributed by atoms with Crippen LogP contribution in [0.3, 0.4) is 0 Å². The average molecular weight is 418 g/mol. The zero-order valence-electron chi connectivity index (χ0n) is 14.1.